The predicted octanol–water partition coefficient (Wildman–Crippen LogP) is 1.75. The number of rotatable bonds is 2. The van der Waals surface area contributed by atoms with Crippen molar-refractivity contribution in [2.45, 2.75) is 13.8 Å². The summed E-state index contributed by atoms with van der Waals surface area (Å²) in [6, 6.07) is 0. The Hall–Kier alpha value is -1.36. The third kappa shape index (κ3) is 3.57. The third-order valence-corrected chi connectivity index (χ3v) is 2.55. The quantitative estimate of drug-likeness (QED) is 0.604. The van der Waals surface area contributed by atoms with E-state index in [-0.39, 0.29) is 11.5 Å². The van der Waals surface area contributed by atoms with E-state index in [2.05, 4.69) is 4.74 Å². The van der Waals surface area contributed by atoms with Gasteiger partial charge in [0, 0.05) is 12.5 Å². The fourth-order valence-electron chi connectivity index (χ4n) is 0.688. The van der Waals surface area contributed by atoms with Gasteiger partial charge in [0.25, 0.3) is 6.47 Å². The molecule has 0 bridgehead atoms. The van der Waals surface area contributed by atoms with E-state index in [1.54, 1.807) is 12.3 Å². The van der Waals surface area contributed by atoms with E-state index in [1.807, 2.05) is 0 Å². The first-order chi connectivity index (χ1) is 6.54. The number of ether oxygens (including phenoxy) is 1. The number of ketones is 1. The molecule has 0 aliphatic carbocycles. The SMILES string of the molecule is CC(=O)c1scc(C)c1O.COC=O. The van der Waals surface area contributed by atoms with E-state index in [0.29, 0.717) is 11.3 Å². The summed E-state index contributed by atoms with van der Waals surface area (Å²) in [7, 11) is 1.31. The molecule has 0 atom stereocenters. The number of hydrogen-bond acceptors (Lipinski definition) is 5. The van der Waals surface area contributed by atoms with Crippen molar-refractivity contribution in [3.05, 3.63) is 15.8 Å². The van der Waals surface area contributed by atoms with Crippen LogP contribution in [0.4, 0.5) is 0 Å². The summed E-state index contributed by atoms with van der Waals surface area (Å²) in [6.45, 7) is 3.60. The summed E-state index contributed by atoms with van der Waals surface area (Å²) in [4.78, 5) is 20.1. The summed E-state index contributed by atoms with van der Waals surface area (Å²) in [5, 5.41) is 11.0. The van der Waals surface area contributed by atoms with Crippen molar-refractivity contribution in [3.8, 4) is 5.75 Å². The Morgan fingerprint density at radius 2 is 2.14 bits per heavy atom. The van der Waals surface area contributed by atoms with Crippen LogP contribution in [-0.2, 0) is 9.53 Å². The average molecular weight is 216 g/mol. The summed E-state index contributed by atoms with van der Waals surface area (Å²) in [5.41, 5.74) is 0.773. The first kappa shape index (κ1) is 12.6. The zero-order chi connectivity index (χ0) is 11.1. The molecule has 1 N–H and O–H groups in total. The molecule has 78 valence electrons. The molecular weight excluding hydrogens is 204 g/mol. The molecule has 0 spiro atoms. The minimum Gasteiger partial charge on any atom is -0.506 e. The maximum absolute atomic E-state index is 10.7. The number of Topliss-reactive ketones (excluding diaryl/α,β-unsaturated/α-hetero) is 1. The molecule has 0 fully saturated rings. The molecule has 14 heavy (non-hydrogen) atoms. The molecule has 0 radical (unpaired) electrons. The highest BCUT2D eigenvalue weighted by Crippen LogP contribution is 2.28. The van der Waals surface area contributed by atoms with Crippen molar-refractivity contribution in [3.63, 3.8) is 0 Å². The molecular formula is C9H12O4S. The molecule has 4 nitrogen and oxygen atoms in total. The van der Waals surface area contributed by atoms with E-state index in [1.165, 1.54) is 25.4 Å². The predicted molar refractivity (Wildman–Crippen MR) is 53.8 cm³/mol. The zero-order valence-corrected chi connectivity index (χ0v) is 9.05. The molecule has 0 aromatic carbocycles. The van der Waals surface area contributed by atoms with Crippen LogP contribution < -0.4 is 0 Å². The second-order valence-corrected chi connectivity index (χ2v) is 3.36. The van der Waals surface area contributed by atoms with Gasteiger partial charge in [-0.05, 0) is 12.3 Å². The van der Waals surface area contributed by atoms with E-state index < -0.39 is 0 Å². The molecule has 0 aliphatic rings. The van der Waals surface area contributed by atoms with Crippen LogP contribution in [0.2, 0.25) is 0 Å². The molecule has 1 aromatic rings. The Morgan fingerprint density at radius 1 is 1.64 bits per heavy atom. The number of methoxy groups -OCH3 is 1. The Morgan fingerprint density at radius 3 is 2.29 bits per heavy atom. The van der Waals surface area contributed by atoms with Gasteiger partial charge in [0.2, 0.25) is 0 Å². The van der Waals surface area contributed by atoms with Gasteiger partial charge in [-0.15, -0.1) is 11.3 Å². The monoisotopic (exact) mass is 216 g/mol. The zero-order valence-electron chi connectivity index (χ0n) is 8.23. The standard InChI is InChI=1S/C7H8O2S.C2H4O2/c1-4-3-10-7(5(2)8)6(4)9;1-4-2-3/h3,9H,1-2H3;2H,1H3. The minimum atomic E-state index is -0.0735. The fourth-order valence-corrected chi connectivity index (χ4v) is 1.53. The number of thiophene rings is 1. The number of carbonyl (C=O) groups excluding carboxylic acids is 2. The second kappa shape index (κ2) is 6.15. The van der Waals surface area contributed by atoms with Crippen molar-refractivity contribution in [1.82, 2.24) is 0 Å². The Balaban J connectivity index is 0.000000364. The second-order valence-electron chi connectivity index (χ2n) is 2.48. The summed E-state index contributed by atoms with van der Waals surface area (Å²) in [5.74, 6) is 0.0631. The third-order valence-electron chi connectivity index (χ3n) is 1.36. The van der Waals surface area contributed by atoms with E-state index in [0.717, 1.165) is 5.56 Å². The van der Waals surface area contributed by atoms with Gasteiger partial charge in [0.15, 0.2) is 5.78 Å². The maximum Gasteiger partial charge on any atom is 0.292 e. The lowest BCUT2D eigenvalue weighted by Crippen LogP contribution is -1.85. The first-order valence-corrected chi connectivity index (χ1v) is 4.67. The van der Waals surface area contributed by atoms with Gasteiger partial charge >= 0.3 is 0 Å². The first-order valence-electron chi connectivity index (χ1n) is 3.79. The van der Waals surface area contributed by atoms with Gasteiger partial charge in [-0.25, -0.2) is 0 Å². The molecule has 1 aromatic heterocycles. The van der Waals surface area contributed by atoms with E-state index >= 15 is 0 Å². The van der Waals surface area contributed by atoms with E-state index in [9.17, 15) is 9.90 Å². The molecule has 5 heteroatoms. The number of aryl methyl sites for hydroxylation is 1. The van der Waals surface area contributed by atoms with Gasteiger partial charge in [-0.1, -0.05) is 0 Å². The van der Waals surface area contributed by atoms with Crippen molar-refractivity contribution < 1.29 is 19.4 Å². The van der Waals surface area contributed by atoms with Gasteiger partial charge in [0.05, 0.1) is 7.11 Å². The smallest absolute Gasteiger partial charge is 0.292 e. The van der Waals surface area contributed by atoms with Crippen LogP contribution in [0.25, 0.3) is 0 Å². The molecule has 1 heterocycles. The summed E-state index contributed by atoms with van der Waals surface area (Å²) < 4.78 is 3.86. The molecule has 0 aliphatic heterocycles. The van der Waals surface area contributed by atoms with Gasteiger partial charge in [0.1, 0.15) is 10.6 Å². The highest BCUT2D eigenvalue weighted by molar-refractivity contribution is 7.12. The highest BCUT2D eigenvalue weighted by atomic mass is 32.1. The minimum absolute atomic E-state index is 0.0735. The van der Waals surface area contributed by atoms with Crippen LogP contribution in [-0.4, -0.2) is 24.5 Å². The lowest BCUT2D eigenvalue weighted by molar-refractivity contribution is -0.126. The molecule has 0 saturated carbocycles. The van der Waals surface area contributed by atoms with Crippen LogP contribution in [0.15, 0.2) is 5.38 Å². The number of aromatic hydroxyl groups is 1. The number of carbonyl (C=O) groups is 2. The van der Waals surface area contributed by atoms with Crippen LogP contribution in [0.1, 0.15) is 22.2 Å². The van der Waals surface area contributed by atoms with E-state index in [4.69, 9.17) is 4.79 Å². The van der Waals surface area contributed by atoms with Crippen LogP contribution >= 0.6 is 11.3 Å². The van der Waals surface area contributed by atoms with Crippen molar-refractivity contribution >= 4 is 23.6 Å². The molecule has 1 rings (SSSR count). The summed E-state index contributed by atoms with van der Waals surface area (Å²) >= 11 is 1.28. The topological polar surface area (TPSA) is 63.6 Å². The Bertz CT molecular complexity index is 317. The Kier molecular flexibility index (Phi) is 5.55. The lowest BCUT2D eigenvalue weighted by Gasteiger charge is -1.90. The lowest BCUT2D eigenvalue weighted by atomic mass is 10.2. The largest absolute Gasteiger partial charge is 0.506 e. The van der Waals surface area contributed by atoms with Crippen LogP contribution in [0.3, 0.4) is 0 Å². The number of hydrogen-bond donors (Lipinski definition) is 1. The van der Waals surface area contributed by atoms with Crippen LogP contribution in [0.5, 0.6) is 5.75 Å². The summed E-state index contributed by atoms with van der Waals surface area (Å²) in [6.07, 6.45) is 0. The fraction of sp³-hybridized carbons (Fsp3) is 0.333. The van der Waals surface area contributed by atoms with Crippen LogP contribution in [0, 0.1) is 6.92 Å². The Labute approximate surface area is 86.1 Å². The van der Waals surface area contributed by atoms with Crippen molar-refractivity contribution in [2.24, 2.45) is 0 Å². The normalized spacial score (nSPS) is 8.50. The van der Waals surface area contributed by atoms with Gasteiger partial charge in [-0.3, -0.25) is 9.59 Å². The highest BCUT2D eigenvalue weighted by Gasteiger charge is 2.09. The molecule has 0 amide bonds. The maximum atomic E-state index is 10.7. The van der Waals surface area contributed by atoms with Crippen molar-refractivity contribution in [2.75, 3.05) is 7.11 Å². The van der Waals surface area contributed by atoms with Crippen molar-refractivity contribution in [1.29, 1.82) is 0 Å². The van der Waals surface area contributed by atoms with Gasteiger partial charge < -0.3 is 9.84 Å². The average Bonchev–Trinajstić information content (AvgIpc) is 2.48. The molecule has 0 saturated heterocycles. The molecule has 0 unspecified atom stereocenters. The van der Waals surface area contributed by atoms with Gasteiger partial charge in [-0.2, -0.15) is 0 Å².